The molecule has 1 aliphatic rings. The topological polar surface area (TPSA) is 35.6 Å². The Bertz CT molecular complexity index is 237. The Kier molecular flexibility index (Phi) is 5.40. The highest BCUT2D eigenvalue weighted by Gasteiger charge is 2.30. The van der Waals surface area contributed by atoms with E-state index in [9.17, 15) is 4.79 Å². The fourth-order valence-corrected chi connectivity index (χ4v) is 2.68. The molecule has 1 saturated heterocycles. The van der Waals surface area contributed by atoms with Crippen LogP contribution in [0, 0.1) is 5.92 Å². The van der Waals surface area contributed by atoms with Crippen LogP contribution in [0.3, 0.4) is 0 Å². The van der Waals surface area contributed by atoms with Crippen LogP contribution in [-0.2, 0) is 4.79 Å². The Hall–Kier alpha value is -0.610. The van der Waals surface area contributed by atoms with E-state index in [-0.39, 0.29) is 6.04 Å². The van der Waals surface area contributed by atoms with Crippen LogP contribution in [0.5, 0.6) is 0 Å². The third-order valence-electron chi connectivity index (χ3n) is 3.66. The lowest BCUT2D eigenvalue weighted by Crippen LogP contribution is -2.52. The first-order chi connectivity index (χ1) is 7.97. The maximum atomic E-state index is 12.4. The van der Waals surface area contributed by atoms with Gasteiger partial charge in [-0.1, -0.05) is 13.8 Å². The van der Waals surface area contributed by atoms with Crippen molar-refractivity contribution in [2.75, 3.05) is 34.2 Å². The van der Waals surface area contributed by atoms with Gasteiger partial charge in [0.1, 0.15) is 0 Å². The molecule has 0 radical (unpaired) electrons. The van der Waals surface area contributed by atoms with Gasteiger partial charge in [0, 0.05) is 19.1 Å². The summed E-state index contributed by atoms with van der Waals surface area (Å²) in [6, 6.07) is 0.594. The van der Waals surface area contributed by atoms with Crippen molar-refractivity contribution in [1.82, 2.24) is 15.1 Å². The molecule has 1 atom stereocenters. The maximum Gasteiger partial charge on any atom is 0.240 e. The second kappa shape index (κ2) is 6.36. The van der Waals surface area contributed by atoms with Gasteiger partial charge in [-0.05, 0) is 39.9 Å². The number of carbonyl (C=O) groups excluding carboxylic acids is 1. The van der Waals surface area contributed by atoms with Gasteiger partial charge >= 0.3 is 0 Å². The number of nitrogens with one attached hydrogen (secondary N) is 1. The van der Waals surface area contributed by atoms with Crippen LogP contribution in [-0.4, -0.2) is 62.0 Å². The van der Waals surface area contributed by atoms with Gasteiger partial charge in [0.15, 0.2) is 0 Å². The van der Waals surface area contributed by atoms with E-state index in [1.807, 2.05) is 30.9 Å². The van der Waals surface area contributed by atoms with Crippen molar-refractivity contribution >= 4 is 5.91 Å². The van der Waals surface area contributed by atoms with E-state index in [2.05, 4.69) is 19.2 Å². The van der Waals surface area contributed by atoms with E-state index in [4.69, 9.17) is 0 Å². The van der Waals surface area contributed by atoms with E-state index < -0.39 is 0 Å². The molecule has 0 aromatic carbocycles. The number of likely N-dealkylation sites (tertiary alicyclic amines) is 1. The van der Waals surface area contributed by atoms with Crippen LogP contribution < -0.4 is 5.32 Å². The minimum absolute atomic E-state index is 0.0149. The molecule has 1 N–H and O–H groups in total. The van der Waals surface area contributed by atoms with Crippen molar-refractivity contribution in [2.24, 2.45) is 5.92 Å². The van der Waals surface area contributed by atoms with Gasteiger partial charge in [0.25, 0.3) is 0 Å². The summed E-state index contributed by atoms with van der Waals surface area (Å²) in [5, 5.41) is 3.29. The Morgan fingerprint density at radius 2 is 1.82 bits per heavy atom. The Morgan fingerprint density at radius 3 is 2.18 bits per heavy atom. The van der Waals surface area contributed by atoms with Gasteiger partial charge in [-0.15, -0.1) is 0 Å². The third kappa shape index (κ3) is 3.68. The Labute approximate surface area is 105 Å². The molecule has 1 unspecified atom stereocenters. The van der Waals surface area contributed by atoms with Gasteiger partial charge in [-0.3, -0.25) is 9.69 Å². The molecule has 0 saturated carbocycles. The molecule has 0 aliphatic carbocycles. The van der Waals surface area contributed by atoms with Crippen molar-refractivity contribution in [3.8, 4) is 0 Å². The molecule has 0 bridgehead atoms. The number of hydrogen-bond acceptors (Lipinski definition) is 3. The highest BCUT2D eigenvalue weighted by Crippen LogP contribution is 2.16. The van der Waals surface area contributed by atoms with Gasteiger partial charge in [0.05, 0.1) is 6.04 Å². The summed E-state index contributed by atoms with van der Waals surface area (Å²) in [7, 11) is 5.98. The number of carbonyl (C=O) groups is 1. The number of likely N-dealkylation sites (N-methyl/N-ethyl adjacent to an activating group) is 1. The molecule has 0 aromatic heterocycles. The highest BCUT2D eigenvalue weighted by atomic mass is 16.2. The molecule has 4 heteroatoms. The average Bonchev–Trinajstić information content (AvgIpc) is 2.28. The van der Waals surface area contributed by atoms with Crippen LogP contribution in [0.1, 0.15) is 26.7 Å². The summed E-state index contributed by atoms with van der Waals surface area (Å²) in [5.74, 6) is 0.652. The molecule has 0 spiro atoms. The second-order valence-electron chi connectivity index (χ2n) is 5.54. The van der Waals surface area contributed by atoms with E-state index in [1.54, 1.807) is 0 Å². The number of nitrogens with zero attached hydrogens (tertiary/aromatic N) is 2. The second-order valence-corrected chi connectivity index (χ2v) is 5.54. The summed E-state index contributed by atoms with van der Waals surface area (Å²) >= 11 is 0. The minimum atomic E-state index is 0.0149. The van der Waals surface area contributed by atoms with E-state index in [0.717, 1.165) is 25.9 Å². The molecule has 1 rings (SSSR count). The maximum absolute atomic E-state index is 12.4. The average molecular weight is 241 g/mol. The van der Waals surface area contributed by atoms with Crippen molar-refractivity contribution < 1.29 is 4.79 Å². The summed E-state index contributed by atoms with van der Waals surface area (Å²) in [5.41, 5.74) is 0. The number of amides is 1. The molecule has 100 valence electrons. The predicted octanol–water partition coefficient (Wildman–Crippen LogP) is 0.783. The van der Waals surface area contributed by atoms with Crippen molar-refractivity contribution in [1.29, 1.82) is 0 Å². The van der Waals surface area contributed by atoms with Gasteiger partial charge in [0.2, 0.25) is 5.91 Å². The van der Waals surface area contributed by atoms with Crippen LogP contribution in [0.15, 0.2) is 0 Å². The zero-order chi connectivity index (χ0) is 13.0. The fraction of sp³-hybridized carbons (Fsp3) is 0.923. The van der Waals surface area contributed by atoms with Crippen LogP contribution in [0.25, 0.3) is 0 Å². The lowest BCUT2D eigenvalue weighted by Gasteiger charge is -2.37. The Morgan fingerprint density at radius 1 is 1.29 bits per heavy atom. The summed E-state index contributed by atoms with van der Waals surface area (Å²) in [4.78, 5) is 16.5. The van der Waals surface area contributed by atoms with Gasteiger partial charge in [-0.2, -0.15) is 0 Å². The van der Waals surface area contributed by atoms with Crippen molar-refractivity contribution in [3.63, 3.8) is 0 Å². The predicted molar refractivity (Wildman–Crippen MR) is 71.0 cm³/mol. The lowest BCUT2D eigenvalue weighted by atomic mass is 9.99. The molecular weight excluding hydrogens is 214 g/mol. The van der Waals surface area contributed by atoms with Crippen LogP contribution in [0.2, 0.25) is 0 Å². The molecule has 1 heterocycles. The smallest absolute Gasteiger partial charge is 0.240 e. The van der Waals surface area contributed by atoms with E-state index >= 15 is 0 Å². The van der Waals surface area contributed by atoms with E-state index in [0.29, 0.717) is 17.9 Å². The molecule has 4 nitrogen and oxygen atoms in total. The summed E-state index contributed by atoms with van der Waals surface area (Å²) in [6.07, 6.45) is 2.14. The molecular formula is C13H27N3O. The fourth-order valence-electron chi connectivity index (χ4n) is 2.68. The largest absolute Gasteiger partial charge is 0.341 e. The standard InChI is InChI=1S/C13H27N3O/c1-10(2)12(15(4)5)13(17)16-8-6-11(14-3)7-9-16/h10-12,14H,6-9H2,1-5H3. The number of rotatable bonds is 4. The number of piperidine rings is 1. The lowest BCUT2D eigenvalue weighted by molar-refractivity contribution is -0.138. The zero-order valence-corrected chi connectivity index (χ0v) is 11.9. The van der Waals surface area contributed by atoms with E-state index in [1.165, 1.54) is 0 Å². The number of hydrogen-bond donors (Lipinski definition) is 1. The molecule has 1 aliphatic heterocycles. The SMILES string of the molecule is CNC1CCN(C(=O)C(C(C)C)N(C)C)CC1. The quantitative estimate of drug-likeness (QED) is 0.790. The zero-order valence-electron chi connectivity index (χ0n) is 11.9. The minimum Gasteiger partial charge on any atom is -0.341 e. The summed E-state index contributed by atoms with van der Waals surface area (Å²) in [6.45, 7) is 6.01. The molecule has 0 aromatic rings. The van der Waals surface area contributed by atoms with Crippen LogP contribution in [0.4, 0.5) is 0 Å². The van der Waals surface area contributed by atoms with Crippen molar-refractivity contribution in [2.45, 2.75) is 38.8 Å². The molecule has 17 heavy (non-hydrogen) atoms. The first kappa shape index (κ1) is 14.5. The molecule has 1 fully saturated rings. The van der Waals surface area contributed by atoms with Crippen LogP contribution >= 0.6 is 0 Å². The van der Waals surface area contributed by atoms with Gasteiger partial charge < -0.3 is 10.2 Å². The summed E-state index contributed by atoms with van der Waals surface area (Å²) < 4.78 is 0. The van der Waals surface area contributed by atoms with Crippen molar-refractivity contribution in [3.05, 3.63) is 0 Å². The molecule has 1 amide bonds. The Balaban J connectivity index is 2.58. The normalized spacial score (nSPS) is 20.1. The highest BCUT2D eigenvalue weighted by molar-refractivity contribution is 5.82. The first-order valence-electron chi connectivity index (χ1n) is 6.59. The third-order valence-corrected chi connectivity index (χ3v) is 3.66. The van der Waals surface area contributed by atoms with Gasteiger partial charge in [-0.25, -0.2) is 0 Å². The monoisotopic (exact) mass is 241 g/mol. The first-order valence-corrected chi connectivity index (χ1v) is 6.59.